The molecule has 0 spiro atoms. The molecule has 1 unspecified atom stereocenters. The first-order chi connectivity index (χ1) is 8.84. The van der Waals surface area contributed by atoms with E-state index in [-0.39, 0.29) is 0 Å². The van der Waals surface area contributed by atoms with Gasteiger partial charge in [-0.2, -0.15) is 11.8 Å². The van der Waals surface area contributed by atoms with E-state index in [2.05, 4.69) is 40.0 Å². The molecule has 1 aromatic rings. The summed E-state index contributed by atoms with van der Waals surface area (Å²) in [5, 5.41) is 3.61. The summed E-state index contributed by atoms with van der Waals surface area (Å²) in [6.45, 7) is 4.45. The van der Waals surface area contributed by atoms with Crippen LogP contribution in [0.5, 0.6) is 0 Å². The maximum absolute atomic E-state index is 4.32. The molecule has 1 N–H and O–H groups in total. The van der Waals surface area contributed by atoms with Gasteiger partial charge in [0.05, 0.1) is 11.9 Å². The van der Waals surface area contributed by atoms with Crippen molar-refractivity contribution in [1.29, 1.82) is 0 Å². The Labute approximate surface area is 113 Å². The topological polar surface area (TPSA) is 28.2 Å². The molecule has 3 rings (SSSR count). The van der Waals surface area contributed by atoms with Crippen molar-refractivity contribution >= 4 is 17.4 Å². The highest BCUT2D eigenvalue weighted by molar-refractivity contribution is 7.99. The summed E-state index contributed by atoms with van der Waals surface area (Å²) >= 11 is 2.06. The first-order valence-electron chi connectivity index (χ1n) is 6.85. The van der Waals surface area contributed by atoms with Gasteiger partial charge in [0.25, 0.3) is 0 Å². The molecule has 2 aliphatic rings. The van der Waals surface area contributed by atoms with E-state index < -0.39 is 0 Å². The van der Waals surface area contributed by atoms with Crippen molar-refractivity contribution in [3.63, 3.8) is 0 Å². The lowest BCUT2D eigenvalue weighted by molar-refractivity contribution is 0.664. The fraction of sp³-hybridized carbons (Fsp3) is 0.643. The third-order valence-corrected chi connectivity index (χ3v) is 4.91. The Balaban J connectivity index is 1.75. The van der Waals surface area contributed by atoms with Gasteiger partial charge in [-0.05, 0) is 31.4 Å². The first-order valence-corrected chi connectivity index (χ1v) is 8.01. The quantitative estimate of drug-likeness (QED) is 0.902. The van der Waals surface area contributed by atoms with Crippen molar-refractivity contribution in [2.45, 2.75) is 38.4 Å². The average molecular weight is 263 g/mol. The summed E-state index contributed by atoms with van der Waals surface area (Å²) in [6, 6.07) is 3.55. The molecule has 4 heteroatoms. The van der Waals surface area contributed by atoms with Gasteiger partial charge >= 0.3 is 0 Å². The van der Waals surface area contributed by atoms with Gasteiger partial charge in [0.2, 0.25) is 0 Å². The van der Waals surface area contributed by atoms with Crippen LogP contribution in [0.2, 0.25) is 0 Å². The zero-order valence-corrected chi connectivity index (χ0v) is 11.7. The lowest BCUT2D eigenvalue weighted by atomic mass is 10.1. The van der Waals surface area contributed by atoms with Crippen LogP contribution in [-0.4, -0.2) is 35.1 Å². The summed E-state index contributed by atoms with van der Waals surface area (Å²) < 4.78 is 0. The molecule has 98 valence electrons. The van der Waals surface area contributed by atoms with E-state index >= 15 is 0 Å². The van der Waals surface area contributed by atoms with Crippen molar-refractivity contribution in [1.82, 2.24) is 10.3 Å². The fourth-order valence-corrected chi connectivity index (χ4v) is 3.46. The van der Waals surface area contributed by atoms with Crippen molar-refractivity contribution in [3.05, 3.63) is 24.0 Å². The van der Waals surface area contributed by atoms with E-state index in [0.717, 1.165) is 19.1 Å². The summed E-state index contributed by atoms with van der Waals surface area (Å²) in [5.41, 5.74) is 2.73. The summed E-state index contributed by atoms with van der Waals surface area (Å²) in [5.74, 6) is 2.46. The van der Waals surface area contributed by atoms with Crippen LogP contribution in [0.3, 0.4) is 0 Å². The van der Waals surface area contributed by atoms with E-state index in [4.69, 9.17) is 0 Å². The molecule has 1 aliphatic carbocycles. The van der Waals surface area contributed by atoms with Crippen LogP contribution < -0.4 is 10.2 Å². The predicted octanol–water partition coefficient (Wildman–Crippen LogP) is 2.28. The van der Waals surface area contributed by atoms with Crippen molar-refractivity contribution in [3.8, 4) is 0 Å². The van der Waals surface area contributed by atoms with Gasteiger partial charge in [-0.3, -0.25) is 4.98 Å². The van der Waals surface area contributed by atoms with Gasteiger partial charge in [-0.1, -0.05) is 0 Å². The number of hydrogen-bond donors (Lipinski definition) is 1. The SMILES string of the molecule is CC1CSCCN1c1cnccc1CNC1CC1. The van der Waals surface area contributed by atoms with Crippen LogP contribution in [0.15, 0.2) is 18.5 Å². The van der Waals surface area contributed by atoms with E-state index in [1.165, 1.54) is 35.6 Å². The number of anilines is 1. The van der Waals surface area contributed by atoms with Crippen LogP contribution >= 0.6 is 11.8 Å². The molecule has 18 heavy (non-hydrogen) atoms. The van der Waals surface area contributed by atoms with E-state index in [1.54, 1.807) is 0 Å². The molecule has 1 aromatic heterocycles. The highest BCUT2D eigenvalue weighted by Crippen LogP contribution is 2.27. The molecule has 2 fully saturated rings. The number of aromatic nitrogens is 1. The average Bonchev–Trinajstić information content (AvgIpc) is 3.22. The van der Waals surface area contributed by atoms with Crippen molar-refractivity contribution in [2.75, 3.05) is 23.0 Å². The molecule has 1 saturated heterocycles. The molecule has 1 atom stereocenters. The molecule has 0 aromatic carbocycles. The Hall–Kier alpha value is -0.740. The zero-order chi connectivity index (χ0) is 12.4. The smallest absolute Gasteiger partial charge is 0.0601 e. The minimum atomic E-state index is 0.618. The predicted molar refractivity (Wildman–Crippen MR) is 78.2 cm³/mol. The van der Waals surface area contributed by atoms with Gasteiger partial charge in [0, 0.05) is 42.9 Å². The first kappa shape index (κ1) is 12.3. The van der Waals surface area contributed by atoms with Crippen LogP contribution in [0.1, 0.15) is 25.3 Å². The van der Waals surface area contributed by atoms with Gasteiger partial charge in [0.1, 0.15) is 0 Å². The Bertz CT molecular complexity index is 406. The minimum absolute atomic E-state index is 0.618. The second-order valence-electron chi connectivity index (χ2n) is 5.28. The lowest BCUT2D eigenvalue weighted by Gasteiger charge is -2.36. The van der Waals surface area contributed by atoms with Crippen molar-refractivity contribution in [2.24, 2.45) is 0 Å². The number of pyridine rings is 1. The Morgan fingerprint density at radius 3 is 3.17 bits per heavy atom. The number of nitrogens with one attached hydrogen (secondary N) is 1. The van der Waals surface area contributed by atoms with Gasteiger partial charge in [0.15, 0.2) is 0 Å². The molecular weight excluding hydrogens is 242 g/mol. The molecule has 0 radical (unpaired) electrons. The number of rotatable bonds is 4. The van der Waals surface area contributed by atoms with Crippen molar-refractivity contribution < 1.29 is 0 Å². The third-order valence-electron chi connectivity index (χ3n) is 3.72. The highest BCUT2D eigenvalue weighted by Gasteiger charge is 2.23. The van der Waals surface area contributed by atoms with E-state index in [1.807, 2.05) is 12.4 Å². The molecule has 2 heterocycles. The summed E-state index contributed by atoms with van der Waals surface area (Å²) in [6.07, 6.45) is 6.64. The maximum Gasteiger partial charge on any atom is 0.0601 e. The fourth-order valence-electron chi connectivity index (χ4n) is 2.45. The molecule has 1 aliphatic heterocycles. The number of nitrogens with zero attached hydrogens (tertiary/aromatic N) is 2. The Morgan fingerprint density at radius 1 is 1.50 bits per heavy atom. The third kappa shape index (κ3) is 2.81. The van der Waals surface area contributed by atoms with Crippen LogP contribution in [0.25, 0.3) is 0 Å². The van der Waals surface area contributed by atoms with Crippen LogP contribution in [0, 0.1) is 0 Å². The maximum atomic E-state index is 4.32. The van der Waals surface area contributed by atoms with Gasteiger partial charge < -0.3 is 10.2 Å². The monoisotopic (exact) mass is 263 g/mol. The number of thioether (sulfide) groups is 1. The Morgan fingerprint density at radius 2 is 2.39 bits per heavy atom. The molecule has 1 saturated carbocycles. The second-order valence-corrected chi connectivity index (χ2v) is 6.43. The van der Waals surface area contributed by atoms with Crippen LogP contribution in [-0.2, 0) is 6.54 Å². The zero-order valence-electron chi connectivity index (χ0n) is 10.9. The molecular formula is C14H21N3S. The summed E-state index contributed by atoms with van der Waals surface area (Å²) in [4.78, 5) is 6.84. The van der Waals surface area contributed by atoms with Crippen LogP contribution in [0.4, 0.5) is 5.69 Å². The number of hydrogen-bond acceptors (Lipinski definition) is 4. The highest BCUT2D eigenvalue weighted by atomic mass is 32.2. The van der Waals surface area contributed by atoms with E-state index in [9.17, 15) is 0 Å². The van der Waals surface area contributed by atoms with E-state index in [0.29, 0.717) is 6.04 Å². The molecule has 0 amide bonds. The standard InChI is InChI=1S/C14H21N3S/c1-11-10-18-7-6-17(11)14-9-15-5-4-12(14)8-16-13-2-3-13/h4-5,9,11,13,16H,2-3,6-8,10H2,1H3. The minimum Gasteiger partial charge on any atom is -0.366 e. The van der Waals surface area contributed by atoms with Gasteiger partial charge in [-0.25, -0.2) is 0 Å². The largest absolute Gasteiger partial charge is 0.366 e. The normalized spacial score (nSPS) is 24.3. The van der Waals surface area contributed by atoms with Gasteiger partial charge in [-0.15, -0.1) is 0 Å². The second kappa shape index (κ2) is 5.49. The molecule has 0 bridgehead atoms. The summed E-state index contributed by atoms with van der Waals surface area (Å²) in [7, 11) is 0. The molecule has 3 nitrogen and oxygen atoms in total. The lowest BCUT2D eigenvalue weighted by Crippen LogP contribution is -2.41. The Kier molecular flexibility index (Phi) is 3.75.